The van der Waals surface area contributed by atoms with E-state index in [4.69, 9.17) is 0 Å². The fraction of sp³-hybridized carbons (Fsp3) is 0.533. The quantitative estimate of drug-likeness (QED) is 0.782. The van der Waals surface area contributed by atoms with E-state index >= 15 is 0 Å². The number of halogens is 2. The van der Waals surface area contributed by atoms with Crippen molar-refractivity contribution in [1.82, 2.24) is 4.90 Å². The third-order valence-corrected chi connectivity index (χ3v) is 4.45. The summed E-state index contributed by atoms with van der Waals surface area (Å²) in [6.45, 7) is 8.00. The van der Waals surface area contributed by atoms with E-state index in [1.54, 1.807) is 12.1 Å². The van der Waals surface area contributed by atoms with Crippen LogP contribution in [-0.4, -0.2) is 23.5 Å². The third-order valence-electron chi connectivity index (χ3n) is 3.81. The van der Waals surface area contributed by atoms with Gasteiger partial charge in [0.05, 0.1) is 16.5 Å². The number of hydrogen-bond acceptors (Lipinski definition) is 2. The van der Waals surface area contributed by atoms with Crippen LogP contribution < -0.4 is 0 Å². The highest BCUT2D eigenvalue weighted by Crippen LogP contribution is 2.36. The van der Waals surface area contributed by atoms with Gasteiger partial charge in [-0.15, -0.1) is 0 Å². The van der Waals surface area contributed by atoms with Crippen LogP contribution >= 0.6 is 15.9 Å². The maximum atomic E-state index is 13.7. The predicted octanol–water partition coefficient (Wildman–Crippen LogP) is 3.93. The van der Waals surface area contributed by atoms with Crippen molar-refractivity contribution in [3.8, 4) is 6.07 Å². The molecule has 1 aliphatic heterocycles. The van der Waals surface area contributed by atoms with Crippen LogP contribution in [0, 0.1) is 23.1 Å². The summed E-state index contributed by atoms with van der Waals surface area (Å²) in [6.07, 6.45) is 0. The van der Waals surface area contributed by atoms with Crippen LogP contribution in [0.25, 0.3) is 0 Å². The fourth-order valence-electron chi connectivity index (χ4n) is 2.56. The molecule has 0 radical (unpaired) electrons. The lowest BCUT2D eigenvalue weighted by Gasteiger charge is -2.31. The van der Waals surface area contributed by atoms with Crippen molar-refractivity contribution in [2.24, 2.45) is 5.92 Å². The number of likely N-dealkylation sites (tertiary alicyclic amines) is 1. The lowest BCUT2D eigenvalue weighted by atomic mass is 9.90. The van der Waals surface area contributed by atoms with Gasteiger partial charge >= 0.3 is 0 Å². The topological polar surface area (TPSA) is 27.0 Å². The van der Waals surface area contributed by atoms with Crippen LogP contribution in [0.15, 0.2) is 22.7 Å². The van der Waals surface area contributed by atoms with Crippen molar-refractivity contribution < 1.29 is 4.39 Å². The maximum Gasteiger partial charge on any atom is 0.137 e. The Hall–Kier alpha value is -0.920. The lowest BCUT2D eigenvalue weighted by molar-refractivity contribution is 0.170. The number of rotatable bonds is 1. The molecule has 19 heavy (non-hydrogen) atoms. The molecule has 0 aromatic heterocycles. The van der Waals surface area contributed by atoms with Gasteiger partial charge in [-0.25, -0.2) is 4.39 Å². The lowest BCUT2D eigenvalue weighted by Crippen LogP contribution is -2.39. The zero-order valence-electron chi connectivity index (χ0n) is 11.5. The van der Waals surface area contributed by atoms with Gasteiger partial charge in [-0.2, -0.15) is 5.26 Å². The second kappa shape index (κ2) is 5.22. The molecule has 1 saturated heterocycles. The van der Waals surface area contributed by atoms with E-state index in [1.165, 1.54) is 0 Å². The molecule has 2 rings (SSSR count). The predicted molar refractivity (Wildman–Crippen MR) is 77.3 cm³/mol. The van der Waals surface area contributed by atoms with Gasteiger partial charge in [0.25, 0.3) is 0 Å². The van der Waals surface area contributed by atoms with Gasteiger partial charge in [0, 0.05) is 24.5 Å². The van der Waals surface area contributed by atoms with E-state index in [0.717, 1.165) is 18.7 Å². The summed E-state index contributed by atoms with van der Waals surface area (Å²) in [7, 11) is 0. The van der Waals surface area contributed by atoms with E-state index in [9.17, 15) is 9.65 Å². The second-order valence-electron chi connectivity index (χ2n) is 6.09. The molecule has 2 atom stereocenters. The summed E-state index contributed by atoms with van der Waals surface area (Å²) in [5.41, 5.74) is 0.955. The summed E-state index contributed by atoms with van der Waals surface area (Å²) < 4.78 is 14.1. The van der Waals surface area contributed by atoms with Crippen LogP contribution in [0.4, 0.5) is 4.39 Å². The normalized spacial score (nSPS) is 24.4. The first-order valence-corrected chi connectivity index (χ1v) is 7.22. The van der Waals surface area contributed by atoms with Crippen molar-refractivity contribution in [2.45, 2.75) is 32.2 Å². The van der Waals surface area contributed by atoms with E-state index in [0.29, 0.717) is 4.47 Å². The molecule has 0 aliphatic carbocycles. The monoisotopic (exact) mass is 324 g/mol. The minimum atomic E-state index is -0.261. The molecule has 4 heteroatoms. The minimum absolute atomic E-state index is 0.0394. The molecule has 1 aromatic carbocycles. The van der Waals surface area contributed by atoms with Gasteiger partial charge in [0.2, 0.25) is 0 Å². The maximum absolute atomic E-state index is 13.7. The van der Waals surface area contributed by atoms with Crippen molar-refractivity contribution in [1.29, 1.82) is 5.26 Å². The Morgan fingerprint density at radius 2 is 2.05 bits per heavy atom. The molecule has 0 unspecified atom stereocenters. The summed E-state index contributed by atoms with van der Waals surface area (Å²) in [5.74, 6) is -0.241. The van der Waals surface area contributed by atoms with Gasteiger partial charge < -0.3 is 0 Å². The zero-order valence-corrected chi connectivity index (χ0v) is 13.0. The van der Waals surface area contributed by atoms with Crippen molar-refractivity contribution in [3.63, 3.8) is 0 Å². The first-order valence-electron chi connectivity index (χ1n) is 6.42. The fourth-order valence-corrected chi connectivity index (χ4v) is 2.81. The second-order valence-corrected chi connectivity index (χ2v) is 6.95. The van der Waals surface area contributed by atoms with E-state index < -0.39 is 0 Å². The standard InChI is InChI=1S/C15H18BrFN2/c1-15(2,3)19-8-11(7-18)12(9-19)10-4-5-13(16)14(17)6-10/h4-6,11-12H,8-9H2,1-3H3/t11-,12+/m0/s1. The van der Waals surface area contributed by atoms with Crippen LogP contribution in [0.3, 0.4) is 0 Å². The molecule has 0 bridgehead atoms. The molecule has 1 aliphatic rings. The molecular weight excluding hydrogens is 307 g/mol. The summed E-state index contributed by atoms with van der Waals surface area (Å²) in [4.78, 5) is 2.30. The average Bonchev–Trinajstić information content (AvgIpc) is 2.76. The van der Waals surface area contributed by atoms with Gasteiger partial charge in [-0.05, 0) is 54.4 Å². The Labute approximate surface area is 122 Å². The minimum Gasteiger partial charge on any atom is -0.297 e. The van der Waals surface area contributed by atoms with Crippen LogP contribution in [-0.2, 0) is 0 Å². The summed E-state index contributed by atoms with van der Waals surface area (Å²) in [6, 6.07) is 7.55. The number of hydrogen-bond donors (Lipinski definition) is 0. The van der Waals surface area contributed by atoms with Crippen LogP contribution in [0.2, 0.25) is 0 Å². The molecule has 1 aromatic rings. The highest BCUT2D eigenvalue weighted by molar-refractivity contribution is 9.10. The van der Waals surface area contributed by atoms with Crippen molar-refractivity contribution in [3.05, 3.63) is 34.1 Å². The molecule has 0 amide bonds. The smallest absolute Gasteiger partial charge is 0.137 e. The zero-order chi connectivity index (χ0) is 14.2. The van der Waals surface area contributed by atoms with Gasteiger partial charge in [0.15, 0.2) is 0 Å². The highest BCUT2D eigenvalue weighted by atomic mass is 79.9. The highest BCUT2D eigenvalue weighted by Gasteiger charge is 2.38. The molecule has 1 fully saturated rings. The summed E-state index contributed by atoms with van der Waals surface area (Å²) >= 11 is 3.16. The summed E-state index contributed by atoms with van der Waals surface area (Å²) in [5, 5.41) is 9.33. The first kappa shape index (κ1) is 14.5. The molecule has 2 nitrogen and oxygen atoms in total. The number of nitrogens with zero attached hydrogens (tertiary/aromatic N) is 2. The Morgan fingerprint density at radius 1 is 1.37 bits per heavy atom. The molecule has 0 spiro atoms. The Morgan fingerprint density at radius 3 is 2.58 bits per heavy atom. The van der Waals surface area contributed by atoms with Crippen LogP contribution in [0.5, 0.6) is 0 Å². The Bertz CT molecular complexity index is 516. The molecule has 0 saturated carbocycles. The molecule has 102 valence electrons. The first-order chi connectivity index (χ1) is 8.82. The van der Waals surface area contributed by atoms with Gasteiger partial charge in [-0.3, -0.25) is 4.90 Å². The van der Waals surface area contributed by atoms with E-state index in [1.807, 2.05) is 6.07 Å². The van der Waals surface area contributed by atoms with Crippen molar-refractivity contribution >= 4 is 15.9 Å². The van der Waals surface area contributed by atoms with Gasteiger partial charge in [-0.1, -0.05) is 6.07 Å². The van der Waals surface area contributed by atoms with E-state index in [-0.39, 0.29) is 23.2 Å². The largest absolute Gasteiger partial charge is 0.297 e. The Balaban J connectivity index is 2.28. The molecule has 1 heterocycles. The number of nitriles is 1. The molecule has 0 N–H and O–H groups in total. The SMILES string of the molecule is CC(C)(C)N1C[C@H](c2ccc(Br)c(F)c2)[C@@H](C#N)C1. The van der Waals surface area contributed by atoms with E-state index in [2.05, 4.69) is 47.7 Å². The van der Waals surface area contributed by atoms with Crippen LogP contribution in [0.1, 0.15) is 32.3 Å². The van der Waals surface area contributed by atoms with Gasteiger partial charge in [0.1, 0.15) is 5.82 Å². The number of benzene rings is 1. The Kier molecular flexibility index (Phi) is 3.98. The third kappa shape index (κ3) is 2.98. The average molecular weight is 325 g/mol. The molecular formula is C15H18BrFN2. The van der Waals surface area contributed by atoms with Crippen molar-refractivity contribution in [2.75, 3.05) is 13.1 Å².